The number of hydrogen-bond acceptors (Lipinski definition) is 5. The largest absolute Gasteiger partial charge is 0.334 e. The Hall–Kier alpha value is -4.73. The Labute approximate surface area is 305 Å². The third kappa shape index (κ3) is 9.19. The van der Waals surface area contributed by atoms with Gasteiger partial charge in [0.1, 0.15) is 11.6 Å². The van der Waals surface area contributed by atoms with Crippen LogP contribution in [0.3, 0.4) is 0 Å². The molecule has 4 aliphatic rings. The van der Waals surface area contributed by atoms with Crippen LogP contribution in [0.4, 0.5) is 13.6 Å². The van der Waals surface area contributed by atoms with Crippen molar-refractivity contribution in [2.45, 2.75) is 64.5 Å². The molecule has 4 aromatic rings. The van der Waals surface area contributed by atoms with Crippen LogP contribution in [0.1, 0.15) is 81.5 Å². The molecule has 0 unspecified atom stereocenters. The zero-order chi connectivity index (χ0) is 36.6. The van der Waals surface area contributed by atoms with Gasteiger partial charge in [-0.05, 0) is 109 Å². The zero-order valence-corrected chi connectivity index (χ0v) is 29.6. The minimum Gasteiger partial charge on any atom is -0.334 e. The van der Waals surface area contributed by atoms with E-state index in [-0.39, 0.29) is 40.1 Å². The van der Waals surface area contributed by atoms with Crippen molar-refractivity contribution in [3.05, 3.63) is 142 Å². The van der Waals surface area contributed by atoms with Crippen molar-refractivity contribution >= 4 is 17.6 Å². The minimum atomic E-state index is -0.358. The monoisotopic (exact) mass is 706 g/mol. The quantitative estimate of drug-likeness (QED) is 0.206. The van der Waals surface area contributed by atoms with E-state index in [4.69, 9.17) is 5.73 Å². The second-order valence-corrected chi connectivity index (χ2v) is 14.7. The molecule has 8 rings (SSSR count). The molecule has 0 radical (unpaired) electrons. The third-order valence-electron chi connectivity index (χ3n) is 11.1. The number of nitrogens with two attached hydrogens (primary N) is 1. The lowest BCUT2D eigenvalue weighted by molar-refractivity contribution is 0.0734. The van der Waals surface area contributed by atoms with E-state index >= 15 is 0 Å². The van der Waals surface area contributed by atoms with E-state index in [2.05, 4.69) is 10.6 Å². The van der Waals surface area contributed by atoms with Crippen molar-refractivity contribution in [1.29, 1.82) is 0 Å². The summed E-state index contributed by atoms with van der Waals surface area (Å²) in [5.41, 5.74) is 10.7. The van der Waals surface area contributed by atoms with Crippen molar-refractivity contribution in [3.63, 3.8) is 0 Å². The van der Waals surface area contributed by atoms with Crippen molar-refractivity contribution in [2.75, 3.05) is 26.2 Å². The topological polar surface area (TPSA) is 105 Å². The van der Waals surface area contributed by atoms with Gasteiger partial charge in [-0.2, -0.15) is 0 Å². The van der Waals surface area contributed by atoms with Crippen LogP contribution in [0.5, 0.6) is 0 Å². The van der Waals surface area contributed by atoms with E-state index in [1.165, 1.54) is 29.8 Å². The molecule has 2 spiro atoms. The van der Waals surface area contributed by atoms with Crippen molar-refractivity contribution < 1.29 is 23.2 Å². The summed E-state index contributed by atoms with van der Waals surface area (Å²) in [7, 11) is 0. The predicted molar refractivity (Wildman–Crippen MR) is 199 cm³/mol. The Morgan fingerprint density at radius 3 is 1.63 bits per heavy atom. The molecule has 0 atom stereocenters. The molecule has 2 aliphatic heterocycles. The van der Waals surface area contributed by atoms with Gasteiger partial charge < -0.3 is 21.3 Å². The van der Waals surface area contributed by atoms with E-state index in [9.17, 15) is 23.2 Å². The van der Waals surface area contributed by atoms with Gasteiger partial charge in [-0.3, -0.25) is 9.59 Å². The van der Waals surface area contributed by atoms with Gasteiger partial charge in [0.25, 0.3) is 0 Å². The number of hydrogen-bond donors (Lipinski definition) is 3. The van der Waals surface area contributed by atoms with Crippen LogP contribution < -0.4 is 16.4 Å². The molecular formula is C43H48F2N4O3. The maximum Gasteiger partial charge on any atom is 0.317 e. The van der Waals surface area contributed by atoms with Crippen LogP contribution in [0, 0.1) is 22.5 Å². The Balaban J connectivity index is 0.000000157. The Morgan fingerprint density at radius 1 is 0.673 bits per heavy atom. The predicted octanol–water partition coefficient (Wildman–Crippen LogP) is 7.42. The first kappa shape index (κ1) is 37.0. The molecule has 2 saturated heterocycles. The smallest absolute Gasteiger partial charge is 0.317 e. The molecular weight excluding hydrogens is 658 g/mol. The van der Waals surface area contributed by atoms with Gasteiger partial charge >= 0.3 is 6.03 Å². The van der Waals surface area contributed by atoms with Gasteiger partial charge in [-0.25, -0.2) is 13.6 Å². The molecule has 272 valence electrons. The normalized spacial score (nSPS) is 18.2. The van der Waals surface area contributed by atoms with Gasteiger partial charge in [0.05, 0.1) is 0 Å². The first-order chi connectivity index (χ1) is 25.2. The van der Waals surface area contributed by atoms with Gasteiger partial charge in [0.2, 0.25) is 0 Å². The minimum absolute atomic E-state index is 0.0257. The Bertz CT molecular complexity index is 1850. The second-order valence-electron chi connectivity index (χ2n) is 14.7. The number of rotatable bonds is 3. The summed E-state index contributed by atoms with van der Waals surface area (Å²) < 4.78 is 26.6. The number of benzene rings is 4. The zero-order valence-electron chi connectivity index (χ0n) is 29.6. The average molecular weight is 707 g/mol. The number of nitrogens with zero attached hydrogens (tertiary/aromatic N) is 1. The van der Waals surface area contributed by atoms with Crippen LogP contribution in [0.15, 0.2) is 97.1 Å². The molecule has 2 aliphatic carbocycles. The number of halogens is 2. The van der Waals surface area contributed by atoms with E-state index < -0.39 is 0 Å². The summed E-state index contributed by atoms with van der Waals surface area (Å²) >= 11 is 0. The summed E-state index contributed by atoms with van der Waals surface area (Å²) in [6, 6.07) is 28.9. The fourth-order valence-electron chi connectivity index (χ4n) is 8.08. The lowest BCUT2D eigenvalue weighted by Gasteiger charge is -2.44. The molecule has 2 fully saturated rings. The number of amides is 2. The van der Waals surface area contributed by atoms with Gasteiger partial charge in [0, 0.05) is 50.1 Å². The lowest BCUT2D eigenvalue weighted by atomic mass is 9.66. The number of urea groups is 1. The van der Waals surface area contributed by atoms with Crippen LogP contribution in [-0.2, 0) is 25.9 Å². The fraction of sp³-hybridized carbons (Fsp3) is 0.372. The number of nitrogens with one attached hydrogen (secondary N) is 2. The number of Topliss-reactive ketones (excluding diaryl/α,β-unsaturated/α-hetero) is 2. The highest BCUT2D eigenvalue weighted by Crippen LogP contribution is 2.44. The molecule has 0 saturated carbocycles. The highest BCUT2D eigenvalue weighted by molar-refractivity contribution is 5.99. The van der Waals surface area contributed by atoms with Crippen molar-refractivity contribution in [1.82, 2.24) is 15.5 Å². The number of fused-ring (bicyclic) bond motifs is 2. The van der Waals surface area contributed by atoms with Gasteiger partial charge in [-0.1, -0.05) is 72.8 Å². The number of ketones is 2. The molecule has 2 heterocycles. The molecule has 52 heavy (non-hydrogen) atoms. The molecule has 2 amide bonds. The maximum absolute atomic E-state index is 13.4. The first-order valence-corrected chi connectivity index (χ1v) is 18.3. The van der Waals surface area contributed by atoms with E-state index in [0.717, 1.165) is 68.3 Å². The Kier molecular flexibility index (Phi) is 11.9. The van der Waals surface area contributed by atoms with E-state index in [1.807, 2.05) is 65.6 Å². The van der Waals surface area contributed by atoms with Crippen LogP contribution >= 0.6 is 0 Å². The third-order valence-corrected chi connectivity index (χ3v) is 11.1. The summed E-state index contributed by atoms with van der Waals surface area (Å²) in [5, 5.41) is 6.30. The second kappa shape index (κ2) is 16.7. The number of carbonyl (C=O) groups is 3. The van der Waals surface area contributed by atoms with Crippen LogP contribution in [0.25, 0.3) is 0 Å². The number of carbonyl (C=O) groups excluding carboxylic acids is 3. The standard InChI is InChI=1S/C22H23FN2O2.C14H16FNO.C7H9N/c23-18-7-6-17-13-22(14-20(26)19(17)12-18)8-10-25(11-9-22)21(27)24-15-16-4-2-1-3-5-16;15-11-2-1-10-8-14(3-5-16-6-4-14)9-13(17)12(10)7-11;8-6-7-4-2-1-3-5-7/h1-7,12H,8-11,13-15H2,(H,24,27);1-2,7,16H,3-6,8-9H2;1-5H,6,8H2. The maximum atomic E-state index is 13.4. The van der Waals surface area contributed by atoms with Crippen LogP contribution in [0.2, 0.25) is 0 Å². The highest BCUT2D eigenvalue weighted by Gasteiger charge is 2.42. The van der Waals surface area contributed by atoms with Crippen LogP contribution in [-0.4, -0.2) is 48.7 Å². The molecule has 9 heteroatoms. The summed E-state index contributed by atoms with van der Waals surface area (Å²) in [6.45, 7) is 4.42. The summed E-state index contributed by atoms with van der Waals surface area (Å²) in [5.74, 6) is -0.522. The Morgan fingerprint density at radius 2 is 1.15 bits per heavy atom. The fourth-order valence-corrected chi connectivity index (χ4v) is 8.08. The average Bonchev–Trinajstić information content (AvgIpc) is 3.16. The number of likely N-dealkylation sites (tertiary alicyclic amines) is 1. The highest BCUT2D eigenvalue weighted by atomic mass is 19.1. The molecule has 4 aromatic carbocycles. The van der Waals surface area contributed by atoms with Gasteiger partial charge in [-0.15, -0.1) is 0 Å². The van der Waals surface area contributed by atoms with Gasteiger partial charge in [0.15, 0.2) is 11.6 Å². The SMILES string of the molecule is NCc1ccccc1.O=C1CC2(CCN(C(=O)NCc3ccccc3)CC2)Cc2ccc(F)cc21.O=C1CC2(CCNCC2)Cc2ccc(F)cc21. The first-order valence-electron chi connectivity index (χ1n) is 18.3. The molecule has 0 bridgehead atoms. The molecule has 7 nitrogen and oxygen atoms in total. The summed E-state index contributed by atoms with van der Waals surface area (Å²) in [6.07, 6.45) is 6.45. The van der Waals surface area contributed by atoms with Crippen molar-refractivity contribution in [2.24, 2.45) is 16.6 Å². The van der Waals surface area contributed by atoms with E-state index in [1.54, 1.807) is 12.1 Å². The molecule has 4 N–H and O–H groups in total. The summed E-state index contributed by atoms with van der Waals surface area (Å²) in [4.78, 5) is 38.9. The van der Waals surface area contributed by atoms with E-state index in [0.29, 0.717) is 50.1 Å². The lowest BCUT2D eigenvalue weighted by Crippen LogP contribution is -2.49. The molecule has 0 aromatic heterocycles. The number of piperidine rings is 2. The van der Waals surface area contributed by atoms with Crippen molar-refractivity contribution in [3.8, 4) is 0 Å².